The van der Waals surface area contributed by atoms with Crippen molar-refractivity contribution < 1.29 is 4.79 Å². The van der Waals surface area contributed by atoms with Gasteiger partial charge in [-0.3, -0.25) is 4.79 Å². The maximum absolute atomic E-state index is 12.3. The summed E-state index contributed by atoms with van der Waals surface area (Å²) in [6, 6.07) is 8.55. The Morgan fingerprint density at radius 3 is 2.27 bits per heavy atom. The Labute approximate surface area is 132 Å². The van der Waals surface area contributed by atoms with Crippen LogP contribution in [0.25, 0.3) is 5.69 Å². The lowest BCUT2D eigenvalue weighted by atomic mass is 9.91. The second-order valence-corrected chi connectivity index (χ2v) is 6.80. The summed E-state index contributed by atoms with van der Waals surface area (Å²) < 4.78 is 1.99. The highest BCUT2D eigenvalue weighted by atomic mass is 16.1. The summed E-state index contributed by atoms with van der Waals surface area (Å²) in [5.41, 5.74) is 5.31. The van der Waals surface area contributed by atoms with E-state index in [4.69, 9.17) is 5.10 Å². The Kier molecular flexibility index (Phi) is 3.90. The van der Waals surface area contributed by atoms with E-state index in [2.05, 4.69) is 52.0 Å². The molecule has 3 heteroatoms. The Balaban J connectivity index is 2.11. The molecule has 1 aromatic heterocycles. The standard InChI is InChI=1S/C19H24N2O/c1-12(2)14-8-10-15(11-9-14)21-16-6-5-7-17(22)18(16)19(20-21)13(3)4/h8-13H,5-7H2,1-4H3. The first-order valence-corrected chi connectivity index (χ1v) is 8.24. The van der Waals surface area contributed by atoms with Gasteiger partial charge in [0.05, 0.1) is 22.6 Å². The zero-order valence-electron chi connectivity index (χ0n) is 13.9. The zero-order chi connectivity index (χ0) is 15.9. The predicted octanol–water partition coefficient (Wildman–Crippen LogP) is 4.64. The molecule has 116 valence electrons. The van der Waals surface area contributed by atoms with Crippen molar-refractivity contribution in [1.82, 2.24) is 9.78 Å². The van der Waals surface area contributed by atoms with Crippen LogP contribution in [0.1, 0.15) is 79.7 Å². The third-order valence-corrected chi connectivity index (χ3v) is 4.46. The zero-order valence-corrected chi connectivity index (χ0v) is 13.9. The summed E-state index contributed by atoms with van der Waals surface area (Å²) in [6.07, 6.45) is 2.52. The van der Waals surface area contributed by atoms with E-state index in [-0.39, 0.29) is 11.7 Å². The topological polar surface area (TPSA) is 34.9 Å². The Hall–Kier alpha value is -1.90. The molecular weight excluding hydrogens is 272 g/mol. The molecule has 3 nitrogen and oxygen atoms in total. The largest absolute Gasteiger partial charge is 0.294 e. The summed E-state index contributed by atoms with van der Waals surface area (Å²) in [6.45, 7) is 8.61. The smallest absolute Gasteiger partial charge is 0.166 e. The van der Waals surface area contributed by atoms with Crippen LogP contribution >= 0.6 is 0 Å². The van der Waals surface area contributed by atoms with Crippen LogP contribution in [0, 0.1) is 0 Å². The quantitative estimate of drug-likeness (QED) is 0.827. The van der Waals surface area contributed by atoms with Crippen LogP contribution in [0.3, 0.4) is 0 Å². The number of fused-ring (bicyclic) bond motifs is 1. The maximum atomic E-state index is 12.3. The number of carbonyl (C=O) groups is 1. The van der Waals surface area contributed by atoms with Crippen molar-refractivity contribution in [3.63, 3.8) is 0 Å². The van der Waals surface area contributed by atoms with Gasteiger partial charge < -0.3 is 0 Å². The van der Waals surface area contributed by atoms with Crippen molar-refractivity contribution >= 4 is 5.78 Å². The van der Waals surface area contributed by atoms with E-state index < -0.39 is 0 Å². The molecule has 0 bridgehead atoms. The molecule has 3 rings (SSSR count). The monoisotopic (exact) mass is 296 g/mol. The van der Waals surface area contributed by atoms with Crippen molar-refractivity contribution in [2.75, 3.05) is 0 Å². The highest BCUT2D eigenvalue weighted by molar-refractivity contribution is 5.99. The molecule has 0 saturated carbocycles. The lowest BCUT2D eigenvalue weighted by Crippen LogP contribution is -2.13. The fourth-order valence-corrected chi connectivity index (χ4v) is 3.17. The van der Waals surface area contributed by atoms with E-state index in [1.807, 2.05) is 4.68 Å². The number of benzene rings is 1. The van der Waals surface area contributed by atoms with Crippen LogP contribution in [-0.4, -0.2) is 15.6 Å². The molecule has 0 aliphatic heterocycles. The van der Waals surface area contributed by atoms with Gasteiger partial charge >= 0.3 is 0 Å². The minimum Gasteiger partial charge on any atom is -0.294 e. The minimum atomic E-state index is 0.259. The van der Waals surface area contributed by atoms with Crippen molar-refractivity contribution in [1.29, 1.82) is 0 Å². The SMILES string of the molecule is CC(C)c1ccc(-n2nc(C(C)C)c3c2CCCC3=O)cc1. The number of ketones is 1. The van der Waals surface area contributed by atoms with Crippen molar-refractivity contribution in [2.45, 2.75) is 58.8 Å². The molecular formula is C19H24N2O. The van der Waals surface area contributed by atoms with Gasteiger partial charge in [-0.1, -0.05) is 39.8 Å². The van der Waals surface area contributed by atoms with Gasteiger partial charge in [-0.2, -0.15) is 5.10 Å². The maximum Gasteiger partial charge on any atom is 0.166 e. The van der Waals surface area contributed by atoms with Gasteiger partial charge in [0.25, 0.3) is 0 Å². The molecule has 0 N–H and O–H groups in total. The van der Waals surface area contributed by atoms with Crippen molar-refractivity contribution in [3.8, 4) is 5.69 Å². The van der Waals surface area contributed by atoms with Crippen LogP contribution in [-0.2, 0) is 6.42 Å². The normalized spacial score (nSPS) is 14.7. The van der Waals surface area contributed by atoms with E-state index in [0.717, 1.165) is 35.5 Å². The Morgan fingerprint density at radius 1 is 1.00 bits per heavy atom. The first-order valence-electron chi connectivity index (χ1n) is 8.24. The average Bonchev–Trinajstić information content (AvgIpc) is 2.88. The van der Waals surface area contributed by atoms with Gasteiger partial charge in [-0.15, -0.1) is 0 Å². The first kappa shape index (κ1) is 15.0. The van der Waals surface area contributed by atoms with Crippen molar-refractivity contribution in [2.24, 2.45) is 0 Å². The molecule has 0 radical (unpaired) electrons. The fourth-order valence-electron chi connectivity index (χ4n) is 3.17. The van der Waals surface area contributed by atoms with E-state index in [0.29, 0.717) is 12.3 Å². The molecule has 1 aliphatic carbocycles. The van der Waals surface area contributed by atoms with Crippen molar-refractivity contribution in [3.05, 3.63) is 46.8 Å². The van der Waals surface area contributed by atoms with Crippen LogP contribution in [0.2, 0.25) is 0 Å². The summed E-state index contributed by atoms with van der Waals surface area (Å²) in [4.78, 5) is 12.3. The molecule has 0 atom stereocenters. The number of hydrogen-bond donors (Lipinski definition) is 0. The van der Waals surface area contributed by atoms with Gasteiger partial charge in [0.2, 0.25) is 0 Å². The summed E-state index contributed by atoms with van der Waals surface area (Å²) in [5, 5.41) is 4.78. The highest BCUT2D eigenvalue weighted by Crippen LogP contribution is 2.31. The number of aromatic nitrogens is 2. The van der Waals surface area contributed by atoms with Gasteiger partial charge in [0.1, 0.15) is 0 Å². The molecule has 2 aromatic rings. The van der Waals surface area contributed by atoms with Crippen LogP contribution < -0.4 is 0 Å². The second-order valence-electron chi connectivity index (χ2n) is 6.80. The second kappa shape index (κ2) is 5.71. The molecule has 1 aromatic carbocycles. The van der Waals surface area contributed by atoms with Gasteiger partial charge in [-0.25, -0.2) is 4.68 Å². The van der Waals surface area contributed by atoms with Crippen LogP contribution in [0.4, 0.5) is 0 Å². The average molecular weight is 296 g/mol. The Bertz CT molecular complexity index is 693. The molecule has 0 spiro atoms. The number of hydrogen-bond acceptors (Lipinski definition) is 2. The van der Waals surface area contributed by atoms with E-state index in [9.17, 15) is 4.79 Å². The fraction of sp³-hybridized carbons (Fsp3) is 0.474. The predicted molar refractivity (Wildman–Crippen MR) is 89.0 cm³/mol. The highest BCUT2D eigenvalue weighted by Gasteiger charge is 2.28. The molecule has 0 saturated heterocycles. The number of rotatable bonds is 3. The molecule has 0 amide bonds. The molecule has 0 unspecified atom stereocenters. The summed E-state index contributed by atoms with van der Waals surface area (Å²) in [7, 11) is 0. The van der Waals surface area contributed by atoms with E-state index in [1.54, 1.807) is 0 Å². The Morgan fingerprint density at radius 2 is 1.68 bits per heavy atom. The molecule has 1 aliphatic rings. The van der Waals surface area contributed by atoms with Gasteiger partial charge in [0, 0.05) is 6.42 Å². The first-order chi connectivity index (χ1) is 10.5. The molecule has 22 heavy (non-hydrogen) atoms. The molecule has 1 heterocycles. The van der Waals surface area contributed by atoms with Crippen LogP contribution in [0.5, 0.6) is 0 Å². The van der Waals surface area contributed by atoms with E-state index in [1.165, 1.54) is 5.56 Å². The molecule has 0 fully saturated rings. The number of nitrogens with zero attached hydrogens (tertiary/aromatic N) is 2. The van der Waals surface area contributed by atoms with Gasteiger partial charge in [-0.05, 0) is 42.4 Å². The number of carbonyl (C=O) groups excluding carboxylic acids is 1. The lowest BCUT2D eigenvalue weighted by molar-refractivity contribution is 0.0971. The number of Topliss-reactive ketones (excluding diaryl/α,β-unsaturated/α-hetero) is 1. The summed E-state index contributed by atoms with van der Waals surface area (Å²) >= 11 is 0. The van der Waals surface area contributed by atoms with E-state index >= 15 is 0 Å². The minimum absolute atomic E-state index is 0.259. The third-order valence-electron chi connectivity index (χ3n) is 4.46. The third kappa shape index (κ3) is 2.49. The van der Waals surface area contributed by atoms with Crippen LogP contribution in [0.15, 0.2) is 24.3 Å². The van der Waals surface area contributed by atoms with Gasteiger partial charge in [0.15, 0.2) is 5.78 Å². The summed E-state index contributed by atoms with van der Waals surface area (Å²) in [5.74, 6) is 1.05. The lowest BCUT2D eigenvalue weighted by Gasteiger charge is -2.14.